The zero-order valence-electron chi connectivity index (χ0n) is 7.19. The monoisotopic (exact) mass is 182 g/mol. The van der Waals surface area contributed by atoms with Crippen molar-refractivity contribution in [3.63, 3.8) is 0 Å². The van der Waals surface area contributed by atoms with Gasteiger partial charge in [-0.2, -0.15) is 0 Å². The van der Waals surface area contributed by atoms with E-state index in [9.17, 15) is 9.59 Å². The molecule has 4 nitrogen and oxygen atoms in total. The normalized spacial score (nSPS) is 36.8. The molecule has 0 aromatic rings. The van der Waals surface area contributed by atoms with Crippen molar-refractivity contribution in [2.45, 2.75) is 19.4 Å². The van der Waals surface area contributed by atoms with E-state index in [0.29, 0.717) is 6.42 Å². The Kier molecular flexibility index (Phi) is 1.65. The second-order valence-electron chi connectivity index (χ2n) is 3.59. The molecule has 4 heteroatoms. The third-order valence-corrected chi connectivity index (χ3v) is 2.62. The van der Waals surface area contributed by atoms with Crippen molar-refractivity contribution < 1.29 is 19.4 Å². The van der Waals surface area contributed by atoms with Gasteiger partial charge in [0.05, 0.1) is 5.92 Å². The van der Waals surface area contributed by atoms with Gasteiger partial charge in [-0.05, 0) is 19.4 Å². The quantitative estimate of drug-likeness (QED) is 0.476. The highest BCUT2D eigenvalue weighted by atomic mass is 16.6. The van der Waals surface area contributed by atoms with Crippen molar-refractivity contribution in [1.29, 1.82) is 0 Å². The number of ether oxygens (including phenoxy) is 1. The van der Waals surface area contributed by atoms with Gasteiger partial charge in [0.2, 0.25) is 0 Å². The molecule has 0 saturated carbocycles. The summed E-state index contributed by atoms with van der Waals surface area (Å²) in [5, 5.41) is 8.86. The Hall–Kier alpha value is -1.32. The molecule has 0 radical (unpaired) electrons. The van der Waals surface area contributed by atoms with Crippen molar-refractivity contribution in [3.05, 3.63) is 11.6 Å². The molecule has 0 unspecified atom stereocenters. The summed E-state index contributed by atoms with van der Waals surface area (Å²) in [6.07, 6.45) is 1.72. The molecule has 70 valence electrons. The summed E-state index contributed by atoms with van der Waals surface area (Å²) < 4.78 is 4.93. The Morgan fingerprint density at radius 2 is 2.38 bits per heavy atom. The molecule has 2 aliphatic rings. The SMILES string of the molecule is CC1=C[C@H]2OC(=O)[C@@H](C1)[C@@H]2C(=O)O. The Labute approximate surface area is 75.2 Å². The highest BCUT2D eigenvalue weighted by molar-refractivity contribution is 5.86. The minimum atomic E-state index is -0.940. The number of rotatable bonds is 1. The average Bonchev–Trinajstić information content (AvgIpc) is 2.21. The summed E-state index contributed by atoms with van der Waals surface area (Å²) in [5.41, 5.74) is 1.04. The summed E-state index contributed by atoms with van der Waals surface area (Å²) in [7, 11) is 0. The lowest BCUT2D eigenvalue weighted by Crippen LogP contribution is -2.31. The predicted octanol–water partition coefficient (Wildman–Crippen LogP) is 0.579. The standard InChI is InChI=1S/C9H10O4/c1-4-2-5-7(8(10)11)6(3-4)13-9(5)12/h3,5-7H,2H2,1H3,(H,10,11)/t5-,6+,7-/m0/s1. The van der Waals surface area contributed by atoms with Crippen LogP contribution in [-0.4, -0.2) is 23.1 Å². The van der Waals surface area contributed by atoms with Gasteiger partial charge in [0.1, 0.15) is 12.0 Å². The zero-order valence-corrected chi connectivity index (χ0v) is 7.19. The van der Waals surface area contributed by atoms with Crippen molar-refractivity contribution in [2.75, 3.05) is 0 Å². The molecule has 1 fully saturated rings. The second-order valence-corrected chi connectivity index (χ2v) is 3.59. The topological polar surface area (TPSA) is 63.6 Å². The lowest BCUT2D eigenvalue weighted by Gasteiger charge is -2.19. The largest absolute Gasteiger partial charge is 0.481 e. The van der Waals surface area contributed by atoms with Gasteiger partial charge in [0, 0.05) is 0 Å². The van der Waals surface area contributed by atoms with Crippen LogP contribution in [0.25, 0.3) is 0 Å². The summed E-state index contributed by atoms with van der Waals surface area (Å²) in [6.45, 7) is 1.89. The summed E-state index contributed by atoms with van der Waals surface area (Å²) in [5.74, 6) is -2.45. The van der Waals surface area contributed by atoms with Crippen LogP contribution in [0.15, 0.2) is 11.6 Å². The van der Waals surface area contributed by atoms with Gasteiger partial charge in [-0.25, -0.2) is 0 Å². The number of aliphatic carboxylic acids is 1. The van der Waals surface area contributed by atoms with E-state index in [-0.39, 0.29) is 5.97 Å². The van der Waals surface area contributed by atoms with Crippen LogP contribution in [0.3, 0.4) is 0 Å². The minimum Gasteiger partial charge on any atom is -0.481 e. The van der Waals surface area contributed by atoms with Crippen molar-refractivity contribution in [3.8, 4) is 0 Å². The summed E-state index contributed by atoms with van der Waals surface area (Å²) in [4.78, 5) is 22.0. The first-order valence-corrected chi connectivity index (χ1v) is 4.20. The molecule has 2 bridgehead atoms. The van der Waals surface area contributed by atoms with Gasteiger partial charge in [-0.3, -0.25) is 9.59 Å². The summed E-state index contributed by atoms with van der Waals surface area (Å²) >= 11 is 0. The van der Waals surface area contributed by atoms with Crippen LogP contribution in [0, 0.1) is 11.8 Å². The lowest BCUT2D eigenvalue weighted by atomic mass is 9.81. The smallest absolute Gasteiger partial charge is 0.311 e. The highest BCUT2D eigenvalue weighted by Crippen LogP contribution is 2.38. The van der Waals surface area contributed by atoms with E-state index in [0.717, 1.165) is 5.57 Å². The molecule has 2 rings (SSSR count). The number of carboxylic acids is 1. The molecule has 0 amide bonds. The third kappa shape index (κ3) is 1.13. The number of fused-ring (bicyclic) bond motifs is 2. The molecule has 1 heterocycles. The minimum absolute atomic E-state index is 0.370. The van der Waals surface area contributed by atoms with Crippen LogP contribution in [0.4, 0.5) is 0 Å². The molecule has 1 aliphatic carbocycles. The number of carbonyl (C=O) groups excluding carboxylic acids is 1. The van der Waals surface area contributed by atoms with E-state index in [4.69, 9.17) is 9.84 Å². The van der Waals surface area contributed by atoms with Gasteiger partial charge in [0.25, 0.3) is 0 Å². The fraction of sp³-hybridized carbons (Fsp3) is 0.556. The number of esters is 1. The third-order valence-electron chi connectivity index (χ3n) is 2.62. The van der Waals surface area contributed by atoms with Crippen molar-refractivity contribution in [2.24, 2.45) is 11.8 Å². The molecule has 0 spiro atoms. The first-order chi connectivity index (χ1) is 6.09. The van der Waals surface area contributed by atoms with Crippen molar-refractivity contribution >= 4 is 11.9 Å². The van der Waals surface area contributed by atoms with Crippen LogP contribution in [0.2, 0.25) is 0 Å². The maximum absolute atomic E-state index is 11.2. The fourth-order valence-electron chi connectivity index (χ4n) is 2.03. The Morgan fingerprint density at radius 3 is 2.92 bits per heavy atom. The highest BCUT2D eigenvalue weighted by Gasteiger charge is 2.50. The van der Waals surface area contributed by atoms with Gasteiger partial charge >= 0.3 is 11.9 Å². The number of allylic oxidation sites excluding steroid dienone is 1. The fourth-order valence-corrected chi connectivity index (χ4v) is 2.03. The van der Waals surface area contributed by atoms with E-state index in [1.165, 1.54) is 0 Å². The first kappa shape index (κ1) is 8.29. The average molecular weight is 182 g/mol. The Morgan fingerprint density at radius 1 is 1.69 bits per heavy atom. The molecule has 0 aromatic heterocycles. The molecular weight excluding hydrogens is 172 g/mol. The van der Waals surface area contributed by atoms with Crippen molar-refractivity contribution in [1.82, 2.24) is 0 Å². The lowest BCUT2D eigenvalue weighted by molar-refractivity contribution is -0.144. The van der Waals surface area contributed by atoms with Crippen LogP contribution < -0.4 is 0 Å². The molecule has 13 heavy (non-hydrogen) atoms. The van der Waals surface area contributed by atoms with Gasteiger partial charge in [0.15, 0.2) is 0 Å². The van der Waals surface area contributed by atoms with E-state index >= 15 is 0 Å². The first-order valence-electron chi connectivity index (χ1n) is 4.20. The van der Waals surface area contributed by atoms with Crippen LogP contribution in [0.5, 0.6) is 0 Å². The maximum Gasteiger partial charge on any atom is 0.311 e. The number of carboxylic acid groups (broad SMARTS) is 1. The van der Waals surface area contributed by atoms with Gasteiger partial charge < -0.3 is 9.84 Å². The number of hydrogen-bond donors (Lipinski definition) is 1. The van der Waals surface area contributed by atoms with Crippen LogP contribution in [0.1, 0.15) is 13.3 Å². The molecule has 3 atom stereocenters. The molecule has 1 saturated heterocycles. The molecule has 1 N–H and O–H groups in total. The number of hydrogen-bond acceptors (Lipinski definition) is 3. The second kappa shape index (κ2) is 2.58. The van der Waals surface area contributed by atoms with Gasteiger partial charge in [-0.15, -0.1) is 0 Å². The predicted molar refractivity (Wildman–Crippen MR) is 42.9 cm³/mol. The Balaban J connectivity index is 2.34. The molecule has 1 aliphatic heterocycles. The Bertz CT molecular complexity index is 305. The number of carbonyl (C=O) groups is 2. The zero-order chi connectivity index (χ0) is 9.59. The van der Waals surface area contributed by atoms with Gasteiger partial charge in [-0.1, -0.05) is 5.57 Å². The molecular formula is C9H10O4. The van der Waals surface area contributed by atoms with E-state index in [2.05, 4.69) is 0 Å². The molecule has 0 aromatic carbocycles. The summed E-state index contributed by atoms with van der Waals surface area (Å²) in [6, 6.07) is 0. The van der Waals surface area contributed by atoms with E-state index < -0.39 is 23.9 Å². The van der Waals surface area contributed by atoms with E-state index in [1.54, 1.807) is 6.08 Å². The van der Waals surface area contributed by atoms with Crippen LogP contribution in [-0.2, 0) is 14.3 Å². The maximum atomic E-state index is 11.2. The van der Waals surface area contributed by atoms with Crippen LogP contribution >= 0.6 is 0 Å². The van der Waals surface area contributed by atoms with E-state index in [1.807, 2.05) is 6.92 Å².